The number of thiocarbonyl (C=S) groups is 1. The Labute approximate surface area is 180 Å². The molecule has 4 nitrogen and oxygen atoms in total. The average Bonchev–Trinajstić information content (AvgIpc) is 2.89. The highest BCUT2D eigenvalue weighted by Crippen LogP contribution is 2.37. The van der Waals surface area contributed by atoms with E-state index in [4.69, 9.17) is 23.8 Å². The second-order valence-corrected chi connectivity index (χ2v) is 7.69. The van der Waals surface area contributed by atoms with E-state index in [1.165, 1.54) is 0 Å². The third-order valence-electron chi connectivity index (χ3n) is 4.87. The van der Waals surface area contributed by atoms with Gasteiger partial charge in [0.25, 0.3) is 0 Å². The molecule has 1 aliphatic rings. The monoisotopic (exact) mass is 421 g/mol. The van der Waals surface area contributed by atoms with Crippen LogP contribution >= 0.6 is 23.8 Å². The van der Waals surface area contributed by atoms with E-state index in [9.17, 15) is 4.79 Å². The predicted molar refractivity (Wildman–Crippen MR) is 121 cm³/mol. The van der Waals surface area contributed by atoms with Gasteiger partial charge in [-0.25, -0.2) is 0 Å². The van der Waals surface area contributed by atoms with Crippen LogP contribution in [0.2, 0.25) is 5.02 Å². The molecule has 146 valence electrons. The summed E-state index contributed by atoms with van der Waals surface area (Å²) in [4.78, 5) is 14.5. The van der Waals surface area contributed by atoms with E-state index >= 15 is 0 Å². The summed E-state index contributed by atoms with van der Waals surface area (Å²) >= 11 is 12.0. The van der Waals surface area contributed by atoms with Crippen molar-refractivity contribution in [2.45, 2.75) is 12.6 Å². The van der Waals surface area contributed by atoms with Crippen LogP contribution in [0.3, 0.4) is 0 Å². The molecule has 3 aromatic rings. The normalized spacial score (nSPS) is 15.8. The van der Waals surface area contributed by atoms with Crippen molar-refractivity contribution in [1.82, 2.24) is 10.2 Å². The number of anilines is 1. The maximum atomic E-state index is 12.6. The molecule has 3 aromatic carbocycles. The van der Waals surface area contributed by atoms with Gasteiger partial charge in [-0.2, -0.15) is 0 Å². The number of rotatable bonds is 3. The summed E-state index contributed by atoms with van der Waals surface area (Å²) < 4.78 is 0. The molecule has 1 amide bonds. The zero-order valence-corrected chi connectivity index (χ0v) is 17.2. The topological polar surface area (TPSA) is 44.4 Å². The van der Waals surface area contributed by atoms with Crippen molar-refractivity contribution in [3.63, 3.8) is 0 Å². The van der Waals surface area contributed by atoms with E-state index in [1.807, 2.05) is 77.7 Å². The average molecular weight is 422 g/mol. The second kappa shape index (κ2) is 8.64. The fraction of sp³-hybridized carbons (Fsp3) is 0.130. The van der Waals surface area contributed by atoms with Crippen molar-refractivity contribution in [2.75, 3.05) is 11.9 Å². The molecular formula is C23H20ClN3OS. The van der Waals surface area contributed by atoms with Gasteiger partial charge in [0.15, 0.2) is 5.11 Å². The van der Waals surface area contributed by atoms with Crippen LogP contribution in [0.1, 0.15) is 22.7 Å². The summed E-state index contributed by atoms with van der Waals surface area (Å²) in [6.07, 6.45) is 0. The number of hydrogen-bond acceptors (Lipinski definition) is 2. The number of amides is 1. The molecule has 2 N–H and O–H groups in total. The number of carbonyl (C=O) groups excluding carboxylic acids is 1. The van der Waals surface area contributed by atoms with Gasteiger partial charge in [-0.3, -0.25) is 4.79 Å². The molecule has 0 radical (unpaired) electrons. The van der Waals surface area contributed by atoms with Crippen LogP contribution < -0.4 is 10.6 Å². The zero-order chi connectivity index (χ0) is 20.2. The lowest BCUT2D eigenvalue weighted by Gasteiger charge is -2.33. The molecule has 0 aliphatic carbocycles. The Kier molecular flexibility index (Phi) is 5.79. The highest BCUT2D eigenvalue weighted by atomic mass is 35.5. The molecule has 29 heavy (non-hydrogen) atoms. The third-order valence-corrected chi connectivity index (χ3v) is 5.48. The van der Waals surface area contributed by atoms with Gasteiger partial charge in [-0.1, -0.05) is 72.3 Å². The van der Waals surface area contributed by atoms with E-state index in [2.05, 4.69) is 10.6 Å². The maximum absolute atomic E-state index is 12.6. The summed E-state index contributed by atoms with van der Waals surface area (Å²) in [5.74, 6) is -0.115. The number of fused-ring (bicyclic) bond motifs is 1. The van der Waals surface area contributed by atoms with Gasteiger partial charge in [0, 0.05) is 22.8 Å². The maximum Gasteiger partial charge on any atom is 0.244 e. The second-order valence-electron chi connectivity index (χ2n) is 6.87. The van der Waals surface area contributed by atoms with Gasteiger partial charge in [0.2, 0.25) is 5.91 Å². The smallest absolute Gasteiger partial charge is 0.244 e. The zero-order valence-electron chi connectivity index (χ0n) is 15.6. The molecule has 0 spiro atoms. The molecule has 0 saturated heterocycles. The lowest BCUT2D eigenvalue weighted by molar-refractivity contribution is -0.116. The minimum atomic E-state index is -0.236. The van der Waals surface area contributed by atoms with E-state index in [1.54, 1.807) is 6.07 Å². The van der Waals surface area contributed by atoms with Gasteiger partial charge >= 0.3 is 0 Å². The van der Waals surface area contributed by atoms with Crippen molar-refractivity contribution in [1.29, 1.82) is 0 Å². The molecule has 1 atom stereocenters. The fourth-order valence-corrected chi connectivity index (χ4v) is 3.96. The Morgan fingerprint density at radius 2 is 1.76 bits per heavy atom. The molecular weight excluding hydrogens is 402 g/mol. The number of nitrogens with zero attached hydrogens (tertiary/aromatic N) is 1. The molecule has 0 aromatic heterocycles. The minimum absolute atomic E-state index is 0.115. The Balaban J connectivity index is 1.71. The van der Waals surface area contributed by atoms with Crippen LogP contribution in [0.15, 0.2) is 78.9 Å². The number of halogens is 1. The van der Waals surface area contributed by atoms with E-state index < -0.39 is 0 Å². The van der Waals surface area contributed by atoms with Crippen molar-refractivity contribution < 1.29 is 4.79 Å². The summed E-state index contributed by atoms with van der Waals surface area (Å²) in [6.45, 7) is 0.730. The number of carbonyl (C=O) groups is 1. The standard InChI is InChI=1S/C23H20ClN3OS/c24-18-11-12-20-19(13-18)22(17-9-5-2-6-10-17)27(15-21(28)26-20)23(29)25-14-16-7-3-1-4-8-16/h1-13,22H,14-15H2,(H,25,29)(H,26,28)/t22-/m1/s1. The Bertz CT molecular complexity index is 1030. The predicted octanol–water partition coefficient (Wildman–Crippen LogP) is 4.76. The summed E-state index contributed by atoms with van der Waals surface area (Å²) in [7, 11) is 0. The highest BCUT2D eigenvalue weighted by molar-refractivity contribution is 7.80. The molecule has 4 rings (SSSR count). The summed E-state index contributed by atoms with van der Waals surface area (Å²) in [6, 6.07) is 25.3. The van der Waals surface area contributed by atoms with E-state index in [0.29, 0.717) is 16.7 Å². The molecule has 1 aliphatic heterocycles. The molecule has 0 fully saturated rings. The Morgan fingerprint density at radius 3 is 2.48 bits per heavy atom. The van der Waals surface area contributed by atoms with E-state index in [0.717, 1.165) is 22.4 Å². The first kappa shape index (κ1) is 19.4. The number of benzene rings is 3. The molecule has 0 saturated carbocycles. The van der Waals surface area contributed by atoms with Gasteiger partial charge in [0.1, 0.15) is 6.54 Å². The van der Waals surface area contributed by atoms with Crippen molar-refractivity contribution in [3.05, 3.63) is 101 Å². The van der Waals surface area contributed by atoms with Crippen LogP contribution in [0.25, 0.3) is 0 Å². The van der Waals surface area contributed by atoms with Crippen LogP contribution in [-0.4, -0.2) is 22.5 Å². The van der Waals surface area contributed by atoms with Gasteiger partial charge in [0.05, 0.1) is 6.04 Å². The highest BCUT2D eigenvalue weighted by Gasteiger charge is 2.31. The van der Waals surface area contributed by atoms with Crippen molar-refractivity contribution >= 4 is 40.5 Å². The largest absolute Gasteiger partial charge is 0.358 e. The SMILES string of the molecule is O=C1CN(C(=S)NCc2ccccc2)[C@H](c2ccccc2)c2cc(Cl)ccc2N1. The van der Waals surface area contributed by atoms with Crippen molar-refractivity contribution in [3.8, 4) is 0 Å². The van der Waals surface area contributed by atoms with Gasteiger partial charge < -0.3 is 15.5 Å². The van der Waals surface area contributed by atoms with Crippen LogP contribution in [-0.2, 0) is 11.3 Å². The lowest BCUT2D eigenvalue weighted by Crippen LogP contribution is -2.44. The number of hydrogen-bond donors (Lipinski definition) is 2. The van der Waals surface area contributed by atoms with Crippen LogP contribution in [0.4, 0.5) is 5.69 Å². The summed E-state index contributed by atoms with van der Waals surface area (Å²) in [5, 5.41) is 7.42. The van der Waals surface area contributed by atoms with Crippen LogP contribution in [0.5, 0.6) is 0 Å². The van der Waals surface area contributed by atoms with E-state index in [-0.39, 0.29) is 18.5 Å². The molecule has 6 heteroatoms. The lowest BCUT2D eigenvalue weighted by atomic mass is 9.96. The first-order valence-corrected chi connectivity index (χ1v) is 10.1. The van der Waals surface area contributed by atoms with Crippen LogP contribution in [0, 0.1) is 0 Å². The Morgan fingerprint density at radius 1 is 1.07 bits per heavy atom. The first-order chi connectivity index (χ1) is 14.1. The molecule has 1 heterocycles. The third kappa shape index (κ3) is 4.42. The van der Waals surface area contributed by atoms with Gasteiger partial charge in [-0.05, 0) is 41.5 Å². The quantitative estimate of drug-likeness (QED) is 0.598. The minimum Gasteiger partial charge on any atom is -0.358 e. The molecule has 0 unspecified atom stereocenters. The first-order valence-electron chi connectivity index (χ1n) is 9.34. The van der Waals surface area contributed by atoms with Crippen molar-refractivity contribution in [2.24, 2.45) is 0 Å². The number of nitrogens with one attached hydrogen (secondary N) is 2. The summed E-state index contributed by atoms with van der Waals surface area (Å²) in [5.41, 5.74) is 3.82. The Hall–Kier alpha value is -2.89. The fourth-order valence-electron chi connectivity index (χ4n) is 3.54. The van der Waals surface area contributed by atoms with Gasteiger partial charge in [-0.15, -0.1) is 0 Å². The molecule has 0 bridgehead atoms.